The fraction of sp³-hybridized carbons (Fsp3) is 0.554. The molecule has 5 amide bonds. The van der Waals surface area contributed by atoms with Gasteiger partial charge in [0.15, 0.2) is 0 Å². The van der Waals surface area contributed by atoms with Gasteiger partial charge in [0.1, 0.15) is 29.9 Å². The number of hydrogen-bond acceptors (Lipinski definition) is 12. The van der Waals surface area contributed by atoms with E-state index in [2.05, 4.69) is 54.3 Å². The molecule has 4 aliphatic heterocycles. The maximum Gasteiger partial charge on any atom is 0.324 e. The molecule has 3 saturated heterocycles. The van der Waals surface area contributed by atoms with Crippen LogP contribution in [-0.2, 0) is 57.6 Å². The number of ether oxygens (including phenoxy) is 2. The van der Waals surface area contributed by atoms with Gasteiger partial charge in [-0.3, -0.25) is 43.7 Å². The summed E-state index contributed by atoms with van der Waals surface area (Å²) < 4.78 is 14.2. The summed E-state index contributed by atoms with van der Waals surface area (Å²) in [5.74, 6) is -2.46. The number of esters is 1. The van der Waals surface area contributed by atoms with E-state index in [0.717, 1.165) is 58.4 Å². The van der Waals surface area contributed by atoms with Gasteiger partial charge in [-0.25, -0.2) is 5.43 Å². The van der Waals surface area contributed by atoms with Gasteiger partial charge in [-0.05, 0) is 111 Å². The van der Waals surface area contributed by atoms with Crippen LogP contribution in [0.4, 0.5) is 0 Å². The molecule has 3 N–H and O–H groups in total. The number of nitrogens with zero attached hydrogens (tertiary/aromatic N) is 7. The fourth-order valence-electron chi connectivity index (χ4n) is 11.1. The number of carbonyl (C=O) groups is 6. The molecule has 74 heavy (non-hydrogen) atoms. The molecule has 6 atom stereocenters. The topological polar surface area (TPSA) is 199 Å². The van der Waals surface area contributed by atoms with Gasteiger partial charge in [-0.1, -0.05) is 39.8 Å². The van der Waals surface area contributed by atoms with Crippen LogP contribution in [0, 0.1) is 11.3 Å². The number of likely N-dealkylation sites (N-methyl/N-ethyl adjacent to an activating group) is 2. The van der Waals surface area contributed by atoms with E-state index in [9.17, 15) is 33.9 Å². The molecule has 6 bridgehead atoms. The third-order valence-electron chi connectivity index (χ3n) is 15.2. The number of aryl methyl sites for hydroxylation is 1. The molecule has 0 spiro atoms. The summed E-state index contributed by atoms with van der Waals surface area (Å²) in [5.41, 5.74) is 9.43. The zero-order valence-electron chi connectivity index (χ0n) is 44.6. The van der Waals surface area contributed by atoms with Crippen molar-refractivity contribution in [2.45, 2.75) is 123 Å². The Labute approximate surface area is 434 Å². The molecule has 2 aromatic carbocycles. The molecule has 18 nitrogen and oxygen atoms in total. The van der Waals surface area contributed by atoms with Crippen molar-refractivity contribution < 1.29 is 43.3 Å². The van der Waals surface area contributed by atoms with Gasteiger partial charge in [0.2, 0.25) is 23.6 Å². The van der Waals surface area contributed by atoms with Crippen LogP contribution in [0.3, 0.4) is 0 Å². The van der Waals surface area contributed by atoms with Gasteiger partial charge in [0.05, 0.1) is 30.6 Å². The predicted octanol–water partition coefficient (Wildman–Crippen LogP) is 5.09. The summed E-state index contributed by atoms with van der Waals surface area (Å²) in [6, 6.07) is 12.0. The molecule has 0 radical (unpaired) electrons. The number of pyridine rings is 1. The maximum atomic E-state index is 14.8. The van der Waals surface area contributed by atoms with Crippen LogP contribution >= 0.6 is 0 Å². The van der Waals surface area contributed by atoms with Crippen molar-refractivity contribution in [1.29, 1.82) is 0 Å². The SMILES string of the molecule is CCn1c(-c2cccnc2[C@H](C)OC)c2c3cc(ccc31)-c1cc(O)cc(c1)C[C@H](NC(=O)[C@H](C(C)C)N(C)C(=O)CN(C)C(=O)[C@H]1CN1CCCN1CCCC1=O)C(=O)N1CCC[C@H](N1)C(=O)OCC(C)(C)C2. The molecule has 1 unspecified atom stereocenters. The van der Waals surface area contributed by atoms with Crippen LogP contribution in [-0.4, -0.2) is 166 Å². The minimum absolute atomic E-state index is 0.0258. The number of nitrogens with one attached hydrogen (secondary N) is 2. The number of benzene rings is 2. The second-order valence-corrected chi connectivity index (χ2v) is 21.8. The number of phenols is 1. The highest BCUT2D eigenvalue weighted by molar-refractivity contribution is 5.96. The average Bonchev–Trinajstić information content (AvgIpc) is 3.93. The van der Waals surface area contributed by atoms with Crippen LogP contribution in [0.2, 0.25) is 0 Å². The van der Waals surface area contributed by atoms with E-state index in [4.69, 9.17) is 14.5 Å². The van der Waals surface area contributed by atoms with Gasteiger partial charge in [-0.2, -0.15) is 0 Å². The van der Waals surface area contributed by atoms with Crippen molar-refractivity contribution in [2.75, 3.05) is 67.1 Å². The molecule has 8 rings (SSSR count). The summed E-state index contributed by atoms with van der Waals surface area (Å²) in [5, 5.41) is 16.7. The van der Waals surface area contributed by atoms with E-state index in [-0.39, 0.29) is 55.8 Å². The fourth-order valence-corrected chi connectivity index (χ4v) is 11.1. The van der Waals surface area contributed by atoms with Crippen molar-refractivity contribution in [3.63, 3.8) is 0 Å². The number of fused-ring (bicyclic) bond motifs is 6. The number of hydrazine groups is 1. The molecule has 4 aliphatic rings. The van der Waals surface area contributed by atoms with Crippen molar-refractivity contribution in [1.82, 2.24) is 44.9 Å². The number of methoxy groups -OCH3 is 1. The molecular formula is C56H75N9O9. The Bertz CT molecular complexity index is 2770. The van der Waals surface area contributed by atoms with E-state index in [1.165, 1.54) is 21.9 Å². The van der Waals surface area contributed by atoms with Crippen molar-refractivity contribution >= 4 is 46.4 Å². The summed E-state index contributed by atoms with van der Waals surface area (Å²) in [6.45, 7) is 15.3. The second-order valence-electron chi connectivity index (χ2n) is 21.8. The molecule has 4 aromatic rings. The van der Waals surface area contributed by atoms with Crippen molar-refractivity contribution in [3.05, 3.63) is 71.5 Å². The summed E-state index contributed by atoms with van der Waals surface area (Å²) >= 11 is 0. The highest BCUT2D eigenvalue weighted by Crippen LogP contribution is 2.42. The van der Waals surface area contributed by atoms with Gasteiger partial charge < -0.3 is 39.2 Å². The molecule has 3 fully saturated rings. The van der Waals surface area contributed by atoms with Crippen LogP contribution in [0.15, 0.2) is 54.7 Å². The van der Waals surface area contributed by atoms with Crippen LogP contribution < -0.4 is 10.7 Å². The Kier molecular flexibility index (Phi) is 16.5. The van der Waals surface area contributed by atoms with Gasteiger partial charge in [0, 0.05) is 101 Å². The van der Waals surface area contributed by atoms with E-state index < -0.39 is 53.1 Å². The van der Waals surface area contributed by atoms with Gasteiger partial charge >= 0.3 is 5.97 Å². The lowest BCUT2D eigenvalue weighted by Crippen LogP contribution is -2.62. The number of hydrogen-bond donors (Lipinski definition) is 3. The molecule has 6 heterocycles. The minimum Gasteiger partial charge on any atom is -0.508 e. The number of rotatable bonds is 15. The normalized spacial score (nSPS) is 21.8. The quantitative estimate of drug-likeness (QED) is 0.106. The van der Waals surface area contributed by atoms with E-state index in [1.807, 2.05) is 48.8 Å². The van der Waals surface area contributed by atoms with E-state index in [1.54, 1.807) is 32.5 Å². The largest absolute Gasteiger partial charge is 0.508 e. The Morgan fingerprint density at radius 3 is 2.51 bits per heavy atom. The maximum absolute atomic E-state index is 14.8. The Morgan fingerprint density at radius 1 is 1.01 bits per heavy atom. The van der Waals surface area contributed by atoms with E-state index in [0.29, 0.717) is 63.0 Å². The highest BCUT2D eigenvalue weighted by atomic mass is 16.5. The standard InChI is InChI=1S/C56H75N9O9/c1-10-64-45-19-18-37-29-41(45)42(51(64)40-15-11-20-57-49(40)35(4)73-9)30-56(5,6)33-74-55(72)43-16-12-24-65(59-43)53(70)44(27-36-25-38(37)28-39(66)26-36)58-52(69)50(34(2)3)61(8)48(68)32-60(7)54(71)46-31-63(46)23-14-22-62-21-13-17-47(62)67/h11,15,18-20,25-26,28-29,34-35,43-44,46,50,59,66H,10,12-14,16-17,21-24,27,30-33H2,1-9H3,(H,58,69)/t35-,43-,44-,46+,50-,63?/m0/s1. The lowest BCUT2D eigenvalue weighted by molar-refractivity contribution is -0.155. The Morgan fingerprint density at radius 2 is 1.80 bits per heavy atom. The smallest absolute Gasteiger partial charge is 0.324 e. The number of cyclic esters (lactones) is 1. The first-order valence-electron chi connectivity index (χ1n) is 26.3. The first kappa shape index (κ1) is 53.9. The summed E-state index contributed by atoms with van der Waals surface area (Å²) in [7, 11) is 4.77. The zero-order valence-corrected chi connectivity index (χ0v) is 44.6. The number of aromatic hydroxyl groups is 1. The number of amides is 5. The lowest BCUT2D eigenvalue weighted by Gasteiger charge is -2.37. The number of likely N-dealkylation sites (tertiary alicyclic amines) is 1. The van der Waals surface area contributed by atoms with Crippen molar-refractivity contribution in [2.24, 2.45) is 11.3 Å². The molecule has 398 valence electrons. The Balaban J connectivity index is 1.08. The monoisotopic (exact) mass is 1020 g/mol. The number of phenolic OH excluding ortho intramolecular Hbond substituents is 1. The third kappa shape index (κ3) is 11.8. The minimum atomic E-state index is -1.20. The Hall–Kier alpha value is -6.37. The molecular weight excluding hydrogens is 943 g/mol. The second kappa shape index (κ2) is 22.6. The van der Waals surface area contributed by atoms with Gasteiger partial charge in [-0.15, -0.1) is 0 Å². The first-order chi connectivity index (χ1) is 35.3. The highest BCUT2D eigenvalue weighted by Gasteiger charge is 2.43. The number of carbonyl (C=O) groups excluding carboxylic acids is 6. The predicted molar refractivity (Wildman–Crippen MR) is 280 cm³/mol. The van der Waals surface area contributed by atoms with Crippen molar-refractivity contribution in [3.8, 4) is 28.1 Å². The zero-order chi connectivity index (χ0) is 53.2. The summed E-state index contributed by atoms with van der Waals surface area (Å²) in [6.07, 6.45) is 5.12. The molecule has 2 aromatic heterocycles. The van der Waals surface area contributed by atoms with Crippen LogP contribution in [0.1, 0.15) is 96.6 Å². The molecule has 0 saturated carbocycles. The van der Waals surface area contributed by atoms with Crippen LogP contribution in [0.5, 0.6) is 5.75 Å². The average molecular weight is 1020 g/mol. The first-order valence-corrected chi connectivity index (χ1v) is 26.3. The molecule has 0 aliphatic carbocycles. The third-order valence-corrected chi connectivity index (χ3v) is 15.2. The molecule has 18 heteroatoms. The lowest BCUT2D eigenvalue weighted by atomic mass is 9.84. The van der Waals surface area contributed by atoms with Gasteiger partial charge in [0.25, 0.3) is 5.91 Å². The van der Waals surface area contributed by atoms with E-state index >= 15 is 0 Å². The summed E-state index contributed by atoms with van der Waals surface area (Å²) in [4.78, 5) is 94.3. The van der Waals surface area contributed by atoms with Crippen LogP contribution in [0.25, 0.3) is 33.3 Å². The number of aromatic nitrogens is 2.